The van der Waals surface area contributed by atoms with E-state index in [-0.39, 0.29) is 6.04 Å². The largest absolute Gasteiger partial charge is 0.497 e. The molecular weight excluding hydrogens is 290 g/mol. The van der Waals surface area contributed by atoms with Gasteiger partial charge in [0, 0.05) is 10.9 Å². The SMILES string of the molecule is CCNC(Cc1ccc(OC)cc1)c1scc(C)c1Cl. The van der Waals surface area contributed by atoms with Crippen LogP contribution in [-0.2, 0) is 6.42 Å². The van der Waals surface area contributed by atoms with Crippen molar-refractivity contribution < 1.29 is 4.74 Å². The number of methoxy groups -OCH3 is 1. The molecule has 20 heavy (non-hydrogen) atoms. The topological polar surface area (TPSA) is 21.3 Å². The summed E-state index contributed by atoms with van der Waals surface area (Å²) in [5, 5.41) is 6.54. The summed E-state index contributed by atoms with van der Waals surface area (Å²) in [4.78, 5) is 1.22. The van der Waals surface area contributed by atoms with Crippen molar-refractivity contribution >= 4 is 22.9 Å². The zero-order valence-corrected chi connectivity index (χ0v) is 13.6. The van der Waals surface area contributed by atoms with Gasteiger partial charge < -0.3 is 10.1 Å². The molecule has 2 aromatic rings. The Labute approximate surface area is 129 Å². The van der Waals surface area contributed by atoms with Crippen molar-refractivity contribution in [2.75, 3.05) is 13.7 Å². The number of hydrogen-bond acceptors (Lipinski definition) is 3. The Balaban J connectivity index is 2.18. The third-order valence-corrected chi connectivity index (χ3v) is 5.12. The molecule has 0 bridgehead atoms. The van der Waals surface area contributed by atoms with Gasteiger partial charge in [0.1, 0.15) is 5.75 Å². The van der Waals surface area contributed by atoms with Crippen LogP contribution >= 0.6 is 22.9 Å². The number of halogens is 1. The van der Waals surface area contributed by atoms with Gasteiger partial charge in [0.2, 0.25) is 0 Å². The zero-order valence-electron chi connectivity index (χ0n) is 12.1. The van der Waals surface area contributed by atoms with Crippen molar-refractivity contribution in [3.8, 4) is 5.75 Å². The highest BCUT2D eigenvalue weighted by Crippen LogP contribution is 2.34. The number of rotatable bonds is 6. The van der Waals surface area contributed by atoms with Gasteiger partial charge in [-0.2, -0.15) is 0 Å². The third-order valence-electron chi connectivity index (χ3n) is 3.29. The molecule has 1 atom stereocenters. The van der Waals surface area contributed by atoms with Crippen LogP contribution in [0.1, 0.15) is 29.0 Å². The molecule has 108 valence electrons. The summed E-state index contributed by atoms with van der Waals surface area (Å²) in [5.74, 6) is 0.888. The number of nitrogens with one attached hydrogen (secondary N) is 1. The number of ether oxygens (including phenoxy) is 1. The van der Waals surface area contributed by atoms with Gasteiger partial charge in [-0.25, -0.2) is 0 Å². The maximum atomic E-state index is 6.40. The first-order valence-corrected chi connectivity index (χ1v) is 8.01. The van der Waals surface area contributed by atoms with Crippen LogP contribution in [0.4, 0.5) is 0 Å². The monoisotopic (exact) mass is 309 g/mol. The van der Waals surface area contributed by atoms with Crippen molar-refractivity contribution in [1.29, 1.82) is 0 Å². The van der Waals surface area contributed by atoms with Gasteiger partial charge >= 0.3 is 0 Å². The Morgan fingerprint density at radius 2 is 2.00 bits per heavy atom. The summed E-state index contributed by atoms with van der Waals surface area (Å²) < 4.78 is 5.19. The lowest BCUT2D eigenvalue weighted by molar-refractivity contribution is 0.414. The van der Waals surface area contributed by atoms with Crippen LogP contribution < -0.4 is 10.1 Å². The second-order valence-electron chi connectivity index (χ2n) is 4.76. The van der Waals surface area contributed by atoms with Crippen LogP contribution in [0.5, 0.6) is 5.75 Å². The van der Waals surface area contributed by atoms with E-state index >= 15 is 0 Å². The normalized spacial score (nSPS) is 12.4. The molecule has 0 aliphatic heterocycles. The summed E-state index contributed by atoms with van der Waals surface area (Å²) in [6.07, 6.45) is 0.928. The van der Waals surface area contributed by atoms with Crippen LogP contribution in [0.2, 0.25) is 5.02 Å². The quantitative estimate of drug-likeness (QED) is 0.841. The lowest BCUT2D eigenvalue weighted by Crippen LogP contribution is -2.22. The molecule has 0 radical (unpaired) electrons. The second-order valence-corrected chi connectivity index (χ2v) is 6.05. The zero-order chi connectivity index (χ0) is 14.5. The number of likely N-dealkylation sites (N-methyl/N-ethyl adjacent to an activating group) is 1. The fourth-order valence-electron chi connectivity index (χ4n) is 2.19. The molecule has 1 heterocycles. The van der Waals surface area contributed by atoms with Gasteiger partial charge in [-0.05, 0) is 48.5 Å². The van der Waals surface area contributed by atoms with E-state index in [1.165, 1.54) is 10.4 Å². The number of hydrogen-bond donors (Lipinski definition) is 1. The number of benzene rings is 1. The Morgan fingerprint density at radius 3 is 2.50 bits per heavy atom. The lowest BCUT2D eigenvalue weighted by Gasteiger charge is -2.17. The number of aryl methyl sites for hydroxylation is 1. The summed E-state index contributed by atoms with van der Waals surface area (Å²) in [5.41, 5.74) is 2.43. The first kappa shape index (κ1) is 15.4. The van der Waals surface area contributed by atoms with Crippen molar-refractivity contribution in [2.45, 2.75) is 26.3 Å². The average molecular weight is 310 g/mol. The van der Waals surface area contributed by atoms with E-state index in [0.717, 1.165) is 29.3 Å². The van der Waals surface area contributed by atoms with Crippen molar-refractivity contribution in [3.63, 3.8) is 0 Å². The van der Waals surface area contributed by atoms with Gasteiger partial charge in [0.25, 0.3) is 0 Å². The van der Waals surface area contributed by atoms with E-state index < -0.39 is 0 Å². The fraction of sp³-hybridized carbons (Fsp3) is 0.375. The summed E-state index contributed by atoms with van der Waals surface area (Å²) in [6, 6.07) is 8.48. The van der Waals surface area contributed by atoms with Gasteiger partial charge in [0.15, 0.2) is 0 Å². The van der Waals surface area contributed by atoms with Gasteiger partial charge in [-0.15, -0.1) is 11.3 Å². The highest BCUT2D eigenvalue weighted by atomic mass is 35.5. The fourth-order valence-corrected chi connectivity index (χ4v) is 3.59. The molecule has 1 N–H and O–H groups in total. The van der Waals surface area contributed by atoms with Gasteiger partial charge in [0.05, 0.1) is 12.1 Å². The molecule has 0 saturated carbocycles. The second kappa shape index (κ2) is 7.11. The molecule has 0 saturated heterocycles. The number of thiophene rings is 1. The predicted octanol–water partition coefficient (Wildman–Crippen LogP) is 4.61. The molecule has 0 aliphatic carbocycles. The van der Waals surface area contributed by atoms with Crippen LogP contribution in [0.15, 0.2) is 29.6 Å². The molecule has 0 aliphatic rings. The third kappa shape index (κ3) is 3.54. The smallest absolute Gasteiger partial charge is 0.118 e. The molecule has 2 rings (SSSR count). The minimum atomic E-state index is 0.264. The lowest BCUT2D eigenvalue weighted by atomic mass is 10.0. The molecule has 2 nitrogen and oxygen atoms in total. The molecule has 0 spiro atoms. The van der Waals surface area contributed by atoms with Crippen molar-refractivity contribution in [3.05, 3.63) is 50.7 Å². The molecule has 4 heteroatoms. The first-order chi connectivity index (χ1) is 9.65. The van der Waals surface area contributed by atoms with E-state index in [4.69, 9.17) is 16.3 Å². The van der Waals surface area contributed by atoms with E-state index in [1.54, 1.807) is 18.4 Å². The maximum Gasteiger partial charge on any atom is 0.118 e. The maximum absolute atomic E-state index is 6.40. The Kier molecular flexibility index (Phi) is 5.46. The minimum absolute atomic E-state index is 0.264. The van der Waals surface area contributed by atoms with Crippen LogP contribution in [-0.4, -0.2) is 13.7 Å². The highest BCUT2D eigenvalue weighted by Gasteiger charge is 2.17. The summed E-state index contributed by atoms with van der Waals surface area (Å²) >= 11 is 8.14. The highest BCUT2D eigenvalue weighted by molar-refractivity contribution is 7.10. The molecule has 0 fully saturated rings. The summed E-state index contributed by atoms with van der Waals surface area (Å²) in [6.45, 7) is 5.10. The van der Waals surface area contributed by atoms with Crippen LogP contribution in [0, 0.1) is 6.92 Å². The van der Waals surface area contributed by atoms with E-state index in [1.807, 2.05) is 12.1 Å². The predicted molar refractivity (Wildman–Crippen MR) is 87.2 cm³/mol. The van der Waals surface area contributed by atoms with Crippen LogP contribution in [0.3, 0.4) is 0 Å². The van der Waals surface area contributed by atoms with Crippen LogP contribution in [0.25, 0.3) is 0 Å². The molecule has 1 aromatic carbocycles. The van der Waals surface area contributed by atoms with Gasteiger partial charge in [-0.1, -0.05) is 30.7 Å². The molecule has 1 unspecified atom stereocenters. The first-order valence-electron chi connectivity index (χ1n) is 6.75. The van der Waals surface area contributed by atoms with E-state index in [9.17, 15) is 0 Å². The Hall–Kier alpha value is -1.03. The van der Waals surface area contributed by atoms with E-state index in [2.05, 4.69) is 36.7 Å². The standard InChI is InChI=1S/C16H20ClNOS/c1-4-18-14(16-15(17)11(2)10-20-16)9-12-5-7-13(19-3)8-6-12/h5-8,10,14,18H,4,9H2,1-3H3. The molecular formula is C16H20ClNOS. The van der Waals surface area contributed by atoms with Gasteiger partial charge in [-0.3, -0.25) is 0 Å². The Morgan fingerprint density at radius 1 is 1.30 bits per heavy atom. The van der Waals surface area contributed by atoms with Crippen molar-refractivity contribution in [2.24, 2.45) is 0 Å². The Bertz CT molecular complexity index is 550. The van der Waals surface area contributed by atoms with E-state index in [0.29, 0.717) is 0 Å². The molecule has 1 aromatic heterocycles. The molecule has 0 amide bonds. The average Bonchev–Trinajstić information content (AvgIpc) is 2.79. The van der Waals surface area contributed by atoms with Crippen molar-refractivity contribution in [1.82, 2.24) is 5.32 Å². The summed E-state index contributed by atoms with van der Waals surface area (Å²) in [7, 11) is 1.69. The minimum Gasteiger partial charge on any atom is -0.497 e.